The average molecular weight is 324 g/mol. The van der Waals surface area contributed by atoms with Crippen molar-refractivity contribution in [3.63, 3.8) is 0 Å². The van der Waals surface area contributed by atoms with Crippen LogP contribution in [0.25, 0.3) is 0 Å². The molecule has 0 saturated heterocycles. The number of anilines is 1. The van der Waals surface area contributed by atoms with Gasteiger partial charge < -0.3 is 10.6 Å². The van der Waals surface area contributed by atoms with E-state index in [1.807, 2.05) is 18.2 Å². The summed E-state index contributed by atoms with van der Waals surface area (Å²) >= 11 is 0. The Bertz CT molecular complexity index is 630. The molecule has 2 aromatic rings. The highest BCUT2D eigenvalue weighted by Gasteiger charge is 2.12. The predicted octanol–water partition coefficient (Wildman–Crippen LogP) is 4.95. The monoisotopic (exact) mass is 324 g/mol. The minimum Gasteiger partial charge on any atom is -0.335 e. The number of aryl methyl sites for hydroxylation is 3. The first kappa shape index (κ1) is 18.1. The van der Waals surface area contributed by atoms with Crippen molar-refractivity contribution in [2.75, 3.05) is 5.32 Å². The quantitative estimate of drug-likeness (QED) is 0.743. The normalized spacial score (nSPS) is 11.8. The van der Waals surface area contributed by atoms with Crippen LogP contribution in [0.2, 0.25) is 0 Å². The number of hydrogen-bond donors (Lipinski definition) is 2. The molecule has 0 spiro atoms. The molecule has 0 aliphatic heterocycles. The molecule has 0 heterocycles. The molecule has 2 N–H and O–H groups in total. The largest absolute Gasteiger partial charge is 0.335 e. The third-order valence-corrected chi connectivity index (χ3v) is 4.32. The number of hydrogen-bond acceptors (Lipinski definition) is 1. The molecule has 1 unspecified atom stereocenters. The number of carbonyl (C=O) groups excluding carboxylic acids is 1. The zero-order valence-electron chi connectivity index (χ0n) is 14.9. The van der Waals surface area contributed by atoms with Gasteiger partial charge in [0, 0.05) is 11.7 Å². The summed E-state index contributed by atoms with van der Waals surface area (Å²) in [6, 6.07) is 16.6. The van der Waals surface area contributed by atoms with Gasteiger partial charge in [-0.25, -0.2) is 4.79 Å². The van der Waals surface area contributed by atoms with Gasteiger partial charge in [0.15, 0.2) is 0 Å². The van der Waals surface area contributed by atoms with Gasteiger partial charge in [-0.2, -0.15) is 0 Å². The van der Waals surface area contributed by atoms with Crippen LogP contribution in [-0.4, -0.2) is 12.1 Å². The van der Waals surface area contributed by atoms with Crippen molar-refractivity contribution in [1.82, 2.24) is 5.32 Å². The molecule has 0 bridgehead atoms. The highest BCUT2D eigenvalue weighted by molar-refractivity contribution is 5.91. The lowest BCUT2D eigenvalue weighted by Gasteiger charge is -2.18. The molecule has 3 heteroatoms. The zero-order chi connectivity index (χ0) is 17.4. The maximum absolute atomic E-state index is 12.3. The van der Waals surface area contributed by atoms with Gasteiger partial charge in [0.2, 0.25) is 0 Å². The second kappa shape index (κ2) is 9.11. The van der Waals surface area contributed by atoms with E-state index in [0.717, 1.165) is 31.4 Å². The van der Waals surface area contributed by atoms with Gasteiger partial charge in [-0.3, -0.25) is 0 Å². The first-order valence-electron chi connectivity index (χ1n) is 8.86. The molecule has 3 nitrogen and oxygen atoms in total. The second-order valence-electron chi connectivity index (χ2n) is 6.18. The molecule has 0 aliphatic carbocycles. The Hall–Kier alpha value is -2.29. The summed E-state index contributed by atoms with van der Waals surface area (Å²) < 4.78 is 0. The zero-order valence-corrected chi connectivity index (χ0v) is 14.9. The molecule has 24 heavy (non-hydrogen) atoms. The fourth-order valence-corrected chi connectivity index (χ4v) is 2.88. The summed E-state index contributed by atoms with van der Waals surface area (Å²) in [4.78, 5) is 12.3. The number of para-hydroxylation sites is 1. The summed E-state index contributed by atoms with van der Waals surface area (Å²) in [5.41, 5.74) is 4.63. The van der Waals surface area contributed by atoms with Gasteiger partial charge >= 0.3 is 6.03 Å². The highest BCUT2D eigenvalue weighted by atomic mass is 16.2. The Labute approximate surface area is 145 Å². The predicted molar refractivity (Wildman–Crippen MR) is 102 cm³/mol. The van der Waals surface area contributed by atoms with Crippen molar-refractivity contribution in [3.8, 4) is 0 Å². The van der Waals surface area contributed by atoms with Gasteiger partial charge in [-0.05, 0) is 49.3 Å². The molecular formula is C21H28N2O. The summed E-state index contributed by atoms with van der Waals surface area (Å²) in [5, 5.41) is 6.11. The lowest BCUT2D eigenvalue weighted by Crippen LogP contribution is -2.36. The Kier molecular flexibility index (Phi) is 6.86. The van der Waals surface area contributed by atoms with E-state index in [2.05, 4.69) is 61.7 Å². The third-order valence-electron chi connectivity index (χ3n) is 4.32. The van der Waals surface area contributed by atoms with Crippen molar-refractivity contribution in [1.29, 1.82) is 0 Å². The van der Waals surface area contributed by atoms with Crippen LogP contribution < -0.4 is 10.6 Å². The average Bonchev–Trinajstić information content (AvgIpc) is 2.61. The van der Waals surface area contributed by atoms with E-state index in [4.69, 9.17) is 0 Å². The second-order valence-corrected chi connectivity index (χ2v) is 6.18. The fraction of sp³-hybridized carbons (Fsp3) is 0.381. The van der Waals surface area contributed by atoms with Crippen molar-refractivity contribution in [2.24, 2.45) is 0 Å². The van der Waals surface area contributed by atoms with E-state index in [0.29, 0.717) is 0 Å². The van der Waals surface area contributed by atoms with Crippen molar-refractivity contribution < 1.29 is 4.79 Å². The minimum atomic E-state index is -0.119. The summed E-state index contributed by atoms with van der Waals surface area (Å²) in [5.74, 6) is 0. The molecule has 2 amide bonds. The number of urea groups is 1. The lowest BCUT2D eigenvalue weighted by molar-refractivity contribution is 0.248. The van der Waals surface area contributed by atoms with Gasteiger partial charge in [0.05, 0.1) is 0 Å². The SMILES string of the molecule is CCc1cccc(CC)c1NC(=O)NC(C)CCc1ccccc1. The summed E-state index contributed by atoms with van der Waals surface area (Å²) in [6.07, 6.45) is 3.71. The van der Waals surface area contributed by atoms with E-state index >= 15 is 0 Å². The molecule has 1 atom stereocenters. The van der Waals surface area contributed by atoms with Crippen LogP contribution in [0, 0.1) is 0 Å². The standard InChI is InChI=1S/C21H28N2O/c1-4-18-12-9-13-19(5-2)20(18)23-21(24)22-16(3)14-15-17-10-7-6-8-11-17/h6-13,16H,4-5,14-15H2,1-3H3,(H2,22,23,24). The molecule has 0 aliphatic rings. The van der Waals surface area contributed by atoms with E-state index in [1.54, 1.807) is 0 Å². The van der Waals surface area contributed by atoms with E-state index in [9.17, 15) is 4.79 Å². The van der Waals surface area contributed by atoms with Crippen molar-refractivity contribution in [3.05, 3.63) is 65.2 Å². The molecule has 0 fully saturated rings. The maximum Gasteiger partial charge on any atom is 0.319 e. The van der Waals surface area contributed by atoms with Crippen LogP contribution in [0.3, 0.4) is 0 Å². The Morgan fingerprint density at radius 3 is 2.17 bits per heavy atom. The van der Waals surface area contributed by atoms with E-state index in [1.165, 1.54) is 16.7 Å². The third kappa shape index (κ3) is 5.12. The van der Waals surface area contributed by atoms with E-state index < -0.39 is 0 Å². The number of amides is 2. The number of carbonyl (C=O) groups is 1. The van der Waals surface area contributed by atoms with Gasteiger partial charge in [0.25, 0.3) is 0 Å². The Morgan fingerprint density at radius 1 is 0.958 bits per heavy atom. The smallest absolute Gasteiger partial charge is 0.319 e. The van der Waals surface area contributed by atoms with Crippen LogP contribution in [0.1, 0.15) is 43.9 Å². The molecule has 0 radical (unpaired) electrons. The topological polar surface area (TPSA) is 41.1 Å². The molecular weight excluding hydrogens is 296 g/mol. The van der Waals surface area contributed by atoms with Crippen LogP contribution in [0.4, 0.5) is 10.5 Å². The van der Waals surface area contributed by atoms with Crippen molar-refractivity contribution in [2.45, 2.75) is 52.5 Å². The van der Waals surface area contributed by atoms with Gasteiger partial charge in [0.1, 0.15) is 0 Å². The number of rotatable bonds is 7. The number of nitrogens with one attached hydrogen (secondary N) is 2. The molecule has 2 rings (SSSR count). The van der Waals surface area contributed by atoms with Crippen LogP contribution in [-0.2, 0) is 19.3 Å². The highest BCUT2D eigenvalue weighted by Crippen LogP contribution is 2.22. The first-order valence-corrected chi connectivity index (χ1v) is 8.86. The van der Waals surface area contributed by atoms with E-state index in [-0.39, 0.29) is 12.1 Å². The summed E-state index contributed by atoms with van der Waals surface area (Å²) in [6.45, 7) is 6.27. The van der Waals surface area contributed by atoms with Crippen LogP contribution >= 0.6 is 0 Å². The van der Waals surface area contributed by atoms with Crippen LogP contribution in [0.5, 0.6) is 0 Å². The molecule has 0 aromatic heterocycles. The lowest BCUT2D eigenvalue weighted by atomic mass is 10.0. The Morgan fingerprint density at radius 2 is 1.58 bits per heavy atom. The molecule has 128 valence electrons. The summed E-state index contributed by atoms with van der Waals surface area (Å²) in [7, 11) is 0. The van der Waals surface area contributed by atoms with Gasteiger partial charge in [-0.15, -0.1) is 0 Å². The Balaban J connectivity index is 1.91. The van der Waals surface area contributed by atoms with Gasteiger partial charge in [-0.1, -0.05) is 62.4 Å². The number of benzene rings is 2. The minimum absolute atomic E-state index is 0.119. The van der Waals surface area contributed by atoms with Crippen LogP contribution in [0.15, 0.2) is 48.5 Å². The molecule has 2 aromatic carbocycles. The van der Waals surface area contributed by atoms with Crippen molar-refractivity contribution >= 4 is 11.7 Å². The molecule has 0 saturated carbocycles. The fourth-order valence-electron chi connectivity index (χ4n) is 2.88. The maximum atomic E-state index is 12.3. The first-order chi connectivity index (χ1) is 11.6.